The van der Waals surface area contributed by atoms with E-state index in [2.05, 4.69) is 0 Å². The van der Waals surface area contributed by atoms with Crippen LogP contribution in [0.15, 0.2) is 0 Å². The summed E-state index contributed by atoms with van der Waals surface area (Å²) < 4.78 is 31.7. The lowest BCUT2D eigenvalue weighted by Gasteiger charge is -2.19. The first-order valence-electron chi connectivity index (χ1n) is 3.59. The smallest absolute Gasteiger partial charge is 0.475 e. The molecule has 0 fully saturated rings. The normalized spacial score (nSPS) is 14.0. The number of alkyl halides is 3. The number of hydrogen-bond acceptors (Lipinski definition) is 3. The predicted molar refractivity (Wildman–Crippen MR) is 41.7 cm³/mol. The third kappa shape index (κ3) is 9.27. The maximum Gasteiger partial charge on any atom is 0.490 e. The molecule has 0 aliphatic rings. The number of hydrogen-bond donors (Lipinski definition) is 3. The second-order valence-corrected chi connectivity index (χ2v) is 3.13. The zero-order chi connectivity index (χ0) is 12.2. The summed E-state index contributed by atoms with van der Waals surface area (Å²) in [5, 5.41) is 24.6. The van der Waals surface area contributed by atoms with Crippen molar-refractivity contribution in [1.29, 1.82) is 0 Å². The molecule has 0 heterocycles. The number of rotatable bonds is 1. The SMILES string of the molecule is CC(O)C(C)(C)O.O=C(O)C(F)(F)F. The summed E-state index contributed by atoms with van der Waals surface area (Å²) in [5.41, 5.74) is -0.944. The lowest BCUT2D eigenvalue weighted by atomic mass is 10.0. The summed E-state index contributed by atoms with van der Waals surface area (Å²) in [7, 11) is 0. The molecular weight excluding hydrogens is 205 g/mol. The summed E-state index contributed by atoms with van der Waals surface area (Å²) in [4.78, 5) is 8.90. The summed E-state index contributed by atoms with van der Waals surface area (Å²) >= 11 is 0. The fraction of sp³-hybridized carbons (Fsp3) is 0.857. The van der Waals surface area contributed by atoms with Gasteiger partial charge in [0.1, 0.15) is 0 Å². The van der Waals surface area contributed by atoms with Crippen molar-refractivity contribution in [1.82, 2.24) is 0 Å². The van der Waals surface area contributed by atoms with E-state index < -0.39 is 23.9 Å². The second-order valence-electron chi connectivity index (χ2n) is 3.13. The van der Waals surface area contributed by atoms with E-state index in [1.807, 2.05) is 0 Å². The maximum absolute atomic E-state index is 10.6. The van der Waals surface area contributed by atoms with Gasteiger partial charge < -0.3 is 15.3 Å². The minimum Gasteiger partial charge on any atom is -0.475 e. The molecule has 0 aliphatic heterocycles. The van der Waals surface area contributed by atoms with Crippen molar-refractivity contribution >= 4 is 5.97 Å². The zero-order valence-corrected chi connectivity index (χ0v) is 7.96. The molecule has 1 atom stereocenters. The summed E-state index contributed by atoms with van der Waals surface area (Å²) in [6, 6.07) is 0. The van der Waals surface area contributed by atoms with Crippen molar-refractivity contribution in [2.75, 3.05) is 0 Å². The Hall–Kier alpha value is -0.820. The van der Waals surface area contributed by atoms with E-state index in [-0.39, 0.29) is 0 Å². The highest BCUT2D eigenvalue weighted by molar-refractivity contribution is 5.73. The Morgan fingerprint density at radius 2 is 1.43 bits per heavy atom. The van der Waals surface area contributed by atoms with Crippen molar-refractivity contribution < 1.29 is 33.3 Å². The third-order valence-electron chi connectivity index (χ3n) is 1.26. The molecular formula is C7H13F3O4. The van der Waals surface area contributed by atoms with E-state index in [1.165, 1.54) is 0 Å². The Bertz CT molecular complexity index is 180. The van der Waals surface area contributed by atoms with Crippen molar-refractivity contribution in [3.8, 4) is 0 Å². The highest BCUT2D eigenvalue weighted by Crippen LogP contribution is 2.13. The number of carbonyl (C=O) groups is 1. The highest BCUT2D eigenvalue weighted by Gasteiger charge is 2.38. The molecule has 0 spiro atoms. The Balaban J connectivity index is 0. The Labute approximate surface area is 79.0 Å². The molecule has 0 aromatic rings. The number of aliphatic hydroxyl groups is 2. The minimum absolute atomic E-state index is 0.646. The van der Waals surface area contributed by atoms with Gasteiger partial charge in [0.2, 0.25) is 0 Å². The molecule has 86 valence electrons. The summed E-state index contributed by atoms with van der Waals surface area (Å²) in [5.74, 6) is -2.76. The first-order chi connectivity index (χ1) is 5.89. The predicted octanol–water partition coefficient (Wildman–Crippen LogP) is 0.771. The number of carboxylic acid groups (broad SMARTS) is 1. The Kier molecular flexibility index (Phi) is 5.76. The molecule has 0 rings (SSSR count). The molecule has 0 saturated carbocycles. The highest BCUT2D eigenvalue weighted by atomic mass is 19.4. The minimum atomic E-state index is -5.08. The van der Waals surface area contributed by atoms with E-state index in [0.717, 1.165) is 0 Å². The van der Waals surface area contributed by atoms with Crippen molar-refractivity contribution in [2.24, 2.45) is 0 Å². The van der Waals surface area contributed by atoms with Crippen LogP contribution in [0.3, 0.4) is 0 Å². The Morgan fingerprint density at radius 1 is 1.29 bits per heavy atom. The first kappa shape index (κ1) is 15.6. The van der Waals surface area contributed by atoms with Gasteiger partial charge in [-0.15, -0.1) is 0 Å². The van der Waals surface area contributed by atoms with Crippen LogP contribution in [0.5, 0.6) is 0 Å². The van der Waals surface area contributed by atoms with Gasteiger partial charge >= 0.3 is 12.1 Å². The van der Waals surface area contributed by atoms with Gasteiger partial charge in [-0.05, 0) is 20.8 Å². The van der Waals surface area contributed by atoms with Gasteiger partial charge in [-0.3, -0.25) is 0 Å². The number of carboxylic acids is 1. The Morgan fingerprint density at radius 3 is 1.43 bits per heavy atom. The summed E-state index contributed by atoms with van der Waals surface area (Å²) in [6.45, 7) is 4.69. The molecule has 1 unspecified atom stereocenters. The first-order valence-corrected chi connectivity index (χ1v) is 3.59. The van der Waals surface area contributed by atoms with Gasteiger partial charge in [0.25, 0.3) is 0 Å². The quantitative estimate of drug-likeness (QED) is 0.607. The largest absolute Gasteiger partial charge is 0.490 e. The second kappa shape index (κ2) is 5.16. The van der Waals surface area contributed by atoms with Gasteiger partial charge in [0, 0.05) is 0 Å². The van der Waals surface area contributed by atoms with Gasteiger partial charge in [-0.1, -0.05) is 0 Å². The van der Waals surface area contributed by atoms with Crippen molar-refractivity contribution in [3.63, 3.8) is 0 Å². The lowest BCUT2D eigenvalue weighted by molar-refractivity contribution is -0.192. The van der Waals surface area contributed by atoms with Gasteiger partial charge in [-0.25, -0.2) is 4.79 Å². The fourth-order valence-corrected chi connectivity index (χ4v) is 0. The molecule has 3 N–H and O–H groups in total. The molecule has 0 aliphatic carbocycles. The van der Waals surface area contributed by atoms with Crippen LogP contribution in [0.25, 0.3) is 0 Å². The maximum atomic E-state index is 10.6. The van der Waals surface area contributed by atoms with Crippen LogP contribution in [-0.2, 0) is 4.79 Å². The average molecular weight is 218 g/mol. The standard InChI is InChI=1S/C5H12O2.C2HF3O2/c1-4(6)5(2,3)7;3-2(4,5)1(6)7/h4,6-7H,1-3H3;(H,6,7). The number of halogens is 3. The van der Waals surface area contributed by atoms with Gasteiger partial charge in [0.05, 0.1) is 11.7 Å². The van der Waals surface area contributed by atoms with Crippen LogP contribution in [0, 0.1) is 0 Å². The average Bonchev–Trinajstić information content (AvgIpc) is 1.83. The van der Waals surface area contributed by atoms with Gasteiger partial charge in [0.15, 0.2) is 0 Å². The molecule has 0 radical (unpaired) electrons. The fourth-order valence-electron chi connectivity index (χ4n) is 0. The van der Waals surface area contributed by atoms with Crippen LogP contribution < -0.4 is 0 Å². The van der Waals surface area contributed by atoms with Crippen LogP contribution >= 0.6 is 0 Å². The molecule has 14 heavy (non-hydrogen) atoms. The molecule has 7 heteroatoms. The molecule has 0 saturated heterocycles. The topological polar surface area (TPSA) is 77.8 Å². The molecule has 0 bridgehead atoms. The summed E-state index contributed by atoms with van der Waals surface area (Å²) in [6.07, 6.45) is -5.73. The lowest BCUT2D eigenvalue weighted by Crippen LogP contribution is -2.32. The molecule has 4 nitrogen and oxygen atoms in total. The number of aliphatic carboxylic acids is 1. The van der Waals surface area contributed by atoms with Crippen LogP contribution in [0.2, 0.25) is 0 Å². The van der Waals surface area contributed by atoms with Crippen molar-refractivity contribution in [3.05, 3.63) is 0 Å². The van der Waals surface area contributed by atoms with E-state index >= 15 is 0 Å². The van der Waals surface area contributed by atoms with E-state index in [1.54, 1.807) is 20.8 Å². The monoisotopic (exact) mass is 218 g/mol. The van der Waals surface area contributed by atoms with E-state index in [9.17, 15) is 13.2 Å². The van der Waals surface area contributed by atoms with Crippen molar-refractivity contribution in [2.45, 2.75) is 38.7 Å². The molecule has 0 aromatic carbocycles. The van der Waals surface area contributed by atoms with Crippen LogP contribution in [-0.4, -0.2) is 39.2 Å². The van der Waals surface area contributed by atoms with Crippen LogP contribution in [0.1, 0.15) is 20.8 Å². The number of aliphatic hydroxyl groups excluding tert-OH is 1. The van der Waals surface area contributed by atoms with Gasteiger partial charge in [-0.2, -0.15) is 13.2 Å². The molecule has 0 aromatic heterocycles. The van der Waals surface area contributed by atoms with Crippen LogP contribution in [0.4, 0.5) is 13.2 Å². The molecule has 0 amide bonds. The van der Waals surface area contributed by atoms with E-state index in [4.69, 9.17) is 20.1 Å². The third-order valence-corrected chi connectivity index (χ3v) is 1.26. The zero-order valence-electron chi connectivity index (χ0n) is 7.96. The van der Waals surface area contributed by atoms with E-state index in [0.29, 0.717) is 0 Å².